The molecule has 0 heterocycles. The average molecular weight is 442 g/mol. The van der Waals surface area contributed by atoms with Crippen LogP contribution in [0.1, 0.15) is 33.7 Å². The summed E-state index contributed by atoms with van der Waals surface area (Å²) in [5, 5.41) is 11.4. The van der Waals surface area contributed by atoms with Crippen molar-refractivity contribution in [2.24, 2.45) is 10.7 Å². The van der Waals surface area contributed by atoms with Crippen molar-refractivity contribution >= 4 is 18.5 Å². The highest BCUT2D eigenvalue weighted by Crippen LogP contribution is 2.32. The lowest BCUT2D eigenvalue weighted by molar-refractivity contribution is 0.414. The van der Waals surface area contributed by atoms with Crippen LogP contribution in [0.3, 0.4) is 0 Å². The molecule has 4 nitrogen and oxygen atoms in total. The summed E-state index contributed by atoms with van der Waals surface area (Å²) in [7, 11) is 1.67. The highest BCUT2D eigenvalue weighted by Gasteiger charge is 2.17. The third-order valence-electron chi connectivity index (χ3n) is 5.35. The number of methoxy groups -OCH3 is 1. The van der Waals surface area contributed by atoms with Crippen LogP contribution in [0.5, 0.6) is 5.75 Å². The molecule has 3 rings (SSSR count). The van der Waals surface area contributed by atoms with Crippen LogP contribution in [0.4, 0.5) is 0 Å². The number of nitriles is 1. The highest BCUT2D eigenvalue weighted by atomic mass is 32.2. The minimum Gasteiger partial charge on any atom is -0.497 e. The molecule has 0 bridgehead atoms. The summed E-state index contributed by atoms with van der Waals surface area (Å²) in [6, 6.07) is 26.6. The van der Waals surface area contributed by atoms with E-state index in [4.69, 9.17) is 10.5 Å². The van der Waals surface area contributed by atoms with Crippen molar-refractivity contribution in [1.29, 1.82) is 5.26 Å². The fourth-order valence-corrected chi connectivity index (χ4v) is 4.13. The van der Waals surface area contributed by atoms with Crippen LogP contribution in [-0.2, 0) is 12.8 Å². The summed E-state index contributed by atoms with van der Waals surface area (Å²) >= 11 is 1.52. The van der Waals surface area contributed by atoms with Crippen LogP contribution in [0.15, 0.2) is 88.9 Å². The van der Waals surface area contributed by atoms with Crippen molar-refractivity contribution in [2.75, 3.05) is 13.0 Å². The van der Waals surface area contributed by atoms with Crippen LogP contribution in [0.2, 0.25) is 0 Å². The second kappa shape index (κ2) is 11.9. The van der Waals surface area contributed by atoms with Gasteiger partial charge in [0.15, 0.2) is 0 Å². The summed E-state index contributed by atoms with van der Waals surface area (Å²) in [6.07, 6.45) is 1.51. The maximum Gasteiger partial charge on any atom is 0.118 e. The Morgan fingerprint density at radius 1 is 1.09 bits per heavy atom. The molecule has 3 aromatic rings. The Bertz CT molecular complexity index is 1100. The number of allylic oxidation sites excluding steroid dienone is 1. The van der Waals surface area contributed by atoms with E-state index in [0.717, 1.165) is 41.0 Å². The first-order valence-electron chi connectivity index (χ1n) is 10.4. The Hall–Kier alpha value is -3.33. The molecule has 2 N–H and O–H groups in total. The van der Waals surface area contributed by atoms with E-state index in [9.17, 15) is 5.26 Å². The minimum absolute atomic E-state index is 0.0559. The molecule has 0 spiro atoms. The fourth-order valence-electron chi connectivity index (χ4n) is 3.62. The molecular weight excluding hydrogens is 414 g/mol. The zero-order valence-electron chi connectivity index (χ0n) is 18.2. The van der Waals surface area contributed by atoms with Gasteiger partial charge < -0.3 is 10.5 Å². The van der Waals surface area contributed by atoms with Gasteiger partial charge >= 0.3 is 0 Å². The second-order valence-corrected chi connectivity index (χ2v) is 8.23. The van der Waals surface area contributed by atoms with E-state index in [1.165, 1.54) is 17.3 Å². The van der Waals surface area contributed by atoms with E-state index < -0.39 is 0 Å². The number of benzene rings is 3. The van der Waals surface area contributed by atoms with Crippen molar-refractivity contribution in [3.05, 3.63) is 112 Å². The number of rotatable bonds is 10. The maximum absolute atomic E-state index is 9.35. The number of nitrogens with zero attached hydrogens (tertiary/aromatic N) is 2. The topological polar surface area (TPSA) is 71.4 Å². The van der Waals surface area contributed by atoms with Crippen LogP contribution in [0, 0.1) is 11.3 Å². The van der Waals surface area contributed by atoms with Crippen molar-refractivity contribution in [1.82, 2.24) is 0 Å². The van der Waals surface area contributed by atoms with E-state index in [0.29, 0.717) is 11.4 Å². The van der Waals surface area contributed by atoms with Gasteiger partial charge in [-0.25, -0.2) is 0 Å². The lowest BCUT2D eigenvalue weighted by Gasteiger charge is -2.19. The smallest absolute Gasteiger partial charge is 0.118 e. The first-order valence-corrected chi connectivity index (χ1v) is 11.4. The third kappa shape index (κ3) is 6.10. The Kier molecular flexibility index (Phi) is 8.68. The zero-order chi connectivity index (χ0) is 22.8. The van der Waals surface area contributed by atoms with Gasteiger partial charge in [0.25, 0.3) is 0 Å². The molecule has 1 unspecified atom stereocenters. The third-order valence-corrected chi connectivity index (χ3v) is 5.95. The van der Waals surface area contributed by atoms with E-state index in [2.05, 4.69) is 54.2 Å². The quantitative estimate of drug-likeness (QED) is 0.325. The number of aliphatic imine (C=N–C) groups is 1. The Balaban J connectivity index is 1.88. The van der Waals surface area contributed by atoms with Gasteiger partial charge in [0.05, 0.1) is 24.4 Å². The maximum atomic E-state index is 9.35. The number of nitrogens with two attached hydrogens (primary N) is 1. The Labute approximate surface area is 194 Å². The minimum atomic E-state index is 0.0559. The molecule has 0 aliphatic carbocycles. The molecule has 0 saturated carbocycles. The number of hydrogen-bond acceptors (Lipinski definition) is 5. The van der Waals surface area contributed by atoms with Crippen LogP contribution in [0.25, 0.3) is 0 Å². The summed E-state index contributed by atoms with van der Waals surface area (Å²) in [5.41, 5.74) is 11.9. The normalized spacial score (nSPS) is 12.1. The summed E-state index contributed by atoms with van der Waals surface area (Å²) in [4.78, 5) is 4.32. The molecule has 5 heteroatoms. The molecule has 0 radical (unpaired) electrons. The molecule has 3 aromatic carbocycles. The molecule has 0 saturated heterocycles. The van der Waals surface area contributed by atoms with Crippen LogP contribution < -0.4 is 10.5 Å². The predicted molar refractivity (Wildman–Crippen MR) is 134 cm³/mol. The molecule has 1 atom stereocenters. The molecule has 0 aliphatic rings. The molecule has 0 fully saturated rings. The van der Waals surface area contributed by atoms with E-state index in [-0.39, 0.29) is 5.92 Å². The lowest BCUT2D eigenvalue weighted by Crippen LogP contribution is -2.06. The number of ether oxygens (including phenoxy) is 1. The molecule has 162 valence electrons. The molecule has 0 amide bonds. The van der Waals surface area contributed by atoms with Crippen LogP contribution in [-0.4, -0.2) is 19.7 Å². The molecule has 0 aliphatic heterocycles. The standard InChI is InChI=1S/C27H27N3OS/c1-30-27(18-32-19-29)26(16-21-9-13-25(31-2)14-10-21)22-11-7-20(8-12-22)15-23-5-3-4-6-24(23)17-28/h3-14,18,26H,1,15-16,19,29H2,2H3/b27-18-. The Morgan fingerprint density at radius 2 is 1.78 bits per heavy atom. The zero-order valence-corrected chi connectivity index (χ0v) is 19.0. The number of thioether (sulfide) groups is 1. The van der Waals surface area contributed by atoms with Gasteiger partial charge in [0.2, 0.25) is 0 Å². The van der Waals surface area contributed by atoms with Gasteiger partial charge in [0.1, 0.15) is 5.75 Å². The first-order chi connectivity index (χ1) is 15.7. The summed E-state index contributed by atoms with van der Waals surface area (Å²) in [5.74, 6) is 1.38. The highest BCUT2D eigenvalue weighted by molar-refractivity contribution is 8.02. The van der Waals surface area contributed by atoms with Crippen LogP contribution >= 0.6 is 11.8 Å². The van der Waals surface area contributed by atoms with Gasteiger partial charge in [-0.05, 0) is 65.4 Å². The fraction of sp³-hybridized carbons (Fsp3) is 0.185. The molecular formula is C27H27N3OS. The van der Waals surface area contributed by atoms with Gasteiger partial charge in [-0.3, -0.25) is 4.99 Å². The summed E-state index contributed by atoms with van der Waals surface area (Å²) in [6.45, 7) is 3.80. The predicted octanol–water partition coefficient (Wildman–Crippen LogP) is 5.68. The molecule has 32 heavy (non-hydrogen) atoms. The van der Waals surface area contributed by atoms with E-state index >= 15 is 0 Å². The monoisotopic (exact) mass is 441 g/mol. The molecule has 0 aromatic heterocycles. The van der Waals surface area contributed by atoms with Crippen molar-refractivity contribution in [3.63, 3.8) is 0 Å². The van der Waals surface area contributed by atoms with E-state index in [1.54, 1.807) is 7.11 Å². The lowest BCUT2D eigenvalue weighted by atomic mass is 9.88. The van der Waals surface area contributed by atoms with Gasteiger partial charge in [-0.2, -0.15) is 5.26 Å². The first kappa shape index (κ1) is 23.3. The van der Waals surface area contributed by atoms with Crippen molar-refractivity contribution in [2.45, 2.75) is 18.8 Å². The van der Waals surface area contributed by atoms with Gasteiger partial charge in [0, 0.05) is 11.8 Å². The van der Waals surface area contributed by atoms with E-state index in [1.807, 2.05) is 41.8 Å². The largest absolute Gasteiger partial charge is 0.497 e. The summed E-state index contributed by atoms with van der Waals surface area (Å²) < 4.78 is 5.28. The van der Waals surface area contributed by atoms with Gasteiger partial charge in [-0.1, -0.05) is 54.6 Å². The average Bonchev–Trinajstić information content (AvgIpc) is 2.85. The number of hydrogen-bond donors (Lipinski definition) is 1. The Morgan fingerprint density at radius 3 is 2.41 bits per heavy atom. The van der Waals surface area contributed by atoms with Crippen molar-refractivity contribution < 1.29 is 4.74 Å². The SMILES string of the molecule is C=N/C(=C\SCN)C(Cc1ccc(OC)cc1)c1ccc(Cc2ccccc2C#N)cc1. The second-order valence-electron chi connectivity index (χ2n) is 7.33. The van der Waals surface area contributed by atoms with Crippen molar-refractivity contribution in [3.8, 4) is 11.8 Å². The van der Waals surface area contributed by atoms with Gasteiger partial charge in [-0.15, -0.1) is 11.8 Å².